The molecule has 2 amide bonds. The lowest BCUT2D eigenvalue weighted by Gasteiger charge is -2.25. The zero-order valence-electron chi connectivity index (χ0n) is 15.4. The average molecular weight is 380 g/mol. The van der Waals surface area contributed by atoms with Gasteiger partial charge in [-0.3, -0.25) is 14.5 Å². The van der Waals surface area contributed by atoms with Crippen molar-refractivity contribution in [3.63, 3.8) is 0 Å². The molecule has 0 spiro atoms. The first-order valence-electron chi connectivity index (χ1n) is 8.64. The van der Waals surface area contributed by atoms with E-state index < -0.39 is 17.9 Å². The van der Waals surface area contributed by atoms with Gasteiger partial charge in [0, 0.05) is 16.2 Å². The minimum atomic E-state index is -0.831. The predicted octanol–water partition coefficient (Wildman–Crippen LogP) is 1.82. The molecule has 0 aromatic heterocycles. The fourth-order valence-electron chi connectivity index (χ4n) is 3.29. The molecule has 3 rings (SSSR count). The van der Waals surface area contributed by atoms with Crippen LogP contribution >= 0.6 is 0 Å². The summed E-state index contributed by atoms with van der Waals surface area (Å²) in [5.41, 5.74) is 0.729. The summed E-state index contributed by atoms with van der Waals surface area (Å²) in [6.07, 6.45) is -0.108. The maximum absolute atomic E-state index is 13.0. The Balaban J connectivity index is 2.08. The molecule has 0 saturated carbocycles. The molecule has 2 aromatic rings. The lowest BCUT2D eigenvalue weighted by atomic mass is 10.0. The minimum absolute atomic E-state index is 0.0176. The van der Waals surface area contributed by atoms with Gasteiger partial charge >= 0.3 is 0 Å². The quantitative estimate of drug-likeness (QED) is 0.734. The predicted molar refractivity (Wildman–Crippen MR) is 98.1 cm³/mol. The number of methoxy groups -OCH3 is 1. The molecule has 1 unspecified atom stereocenters. The number of imide groups is 1. The first-order valence-corrected chi connectivity index (χ1v) is 8.64. The van der Waals surface area contributed by atoms with Crippen LogP contribution in [0.4, 0.5) is 5.69 Å². The lowest BCUT2D eigenvalue weighted by molar-refractivity contribution is -0.379. The van der Waals surface area contributed by atoms with Gasteiger partial charge in [0.2, 0.25) is 0 Å². The van der Waals surface area contributed by atoms with E-state index in [1.54, 1.807) is 23.4 Å². The molecule has 8 nitrogen and oxygen atoms in total. The van der Waals surface area contributed by atoms with Crippen LogP contribution in [-0.2, 0) is 0 Å². The van der Waals surface area contributed by atoms with Crippen molar-refractivity contribution in [2.45, 2.75) is 19.4 Å². The Bertz CT molecular complexity index is 996. The van der Waals surface area contributed by atoms with Crippen LogP contribution in [0.5, 0.6) is 11.5 Å². The van der Waals surface area contributed by atoms with Gasteiger partial charge in [-0.05, 0) is 30.7 Å². The van der Waals surface area contributed by atoms with Gasteiger partial charge in [-0.15, -0.1) is 0 Å². The molecule has 1 aliphatic heterocycles. The molecule has 142 valence electrons. The van der Waals surface area contributed by atoms with Crippen molar-refractivity contribution in [3.05, 3.63) is 58.0 Å². The summed E-state index contributed by atoms with van der Waals surface area (Å²) < 4.78 is 10.8. The number of nitroso groups, excluding NO2 is 1. The fourth-order valence-corrected chi connectivity index (χ4v) is 3.29. The van der Waals surface area contributed by atoms with Gasteiger partial charge in [0.15, 0.2) is 11.5 Å². The minimum Gasteiger partial charge on any atom is -0.493 e. The van der Waals surface area contributed by atoms with Gasteiger partial charge in [0.25, 0.3) is 17.5 Å². The molecule has 1 N–H and O–H groups in total. The molecule has 0 fully saturated rings. The number of ether oxygens (including phenoxy) is 2. The van der Waals surface area contributed by atoms with Gasteiger partial charge in [-0.2, -0.15) is 5.26 Å². The molecule has 0 saturated heterocycles. The number of nitriles is 1. The van der Waals surface area contributed by atoms with Gasteiger partial charge in [-0.25, -0.2) is 0 Å². The van der Waals surface area contributed by atoms with Crippen molar-refractivity contribution in [2.75, 3.05) is 13.7 Å². The number of nitrogens with zero attached hydrogens (tertiary/aromatic N) is 2. The maximum Gasteiger partial charge on any atom is 0.269 e. The normalized spacial score (nSPS) is 13.7. The summed E-state index contributed by atoms with van der Waals surface area (Å²) in [7, 11) is 1.51. The molecule has 0 radical (unpaired) electrons. The first kappa shape index (κ1) is 19.0. The monoisotopic (exact) mass is 380 g/mol. The third-order valence-electron chi connectivity index (χ3n) is 4.52. The van der Waals surface area contributed by atoms with Gasteiger partial charge in [0.05, 0.1) is 37.8 Å². The van der Waals surface area contributed by atoms with E-state index in [4.69, 9.17) is 9.47 Å². The Morgan fingerprint density at radius 1 is 1.18 bits per heavy atom. The summed E-state index contributed by atoms with van der Waals surface area (Å²) in [5, 5.41) is 11.0. The number of hydrogen-bond acceptors (Lipinski definition) is 6. The van der Waals surface area contributed by atoms with Crippen LogP contribution in [0.25, 0.3) is 0 Å². The second-order valence-corrected chi connectivity index (χ2v) is 6.03. The number of nitrogens with one attached hydrogen (secondary N) is 1. The Kier molecular flexibility index (Phi) is 5.36. The van der Waals surface area contributed by atoms with Gasteiger partial charge in [-0.1, -0.05) is 12.1 Å². The lowest BCUT2D eigenvalue weighted by Crippen LogP contribution is -2.56. The third-order valence-corrected chi connectivity index (χ3v) is 4.52. The molecular formula is C20H18N3O5+. The maximum atomic E-state index is 13.0. The molecule has 1 heterocycles. The van der Waals surface area contributed by atoms with Crippen molar-refractivity contribution >= 4 is 17.5 Å². The van der Waals surface area contributed by atoms with E-state index in [-0.39, 0.29) is 23.2 Å². The summed E-state index contributed by atoms with van der Waals surface area (Å²) in [6, 6.07) is 10.6. The number of fused-ring (bicyclic) bond motifs is 1. The van der Waals surface area contributed by atoms with Crippen molar-refractivity contribution < 1.29 is 24.2 Å². The Hall–Kier alpha value is -3.73. The molecule has 0 aliphatic carbocycles. The first-order chi connectivity index (χ1) is 13.6. The second kappa shape index (κ2) is 7.88. The highest BCUT2D eigenvalue weighted by Crippen LogP contribution is 2.38. The Labute approximate surface area is 161 Å². The number of rotatable bonds is 7. The highest BCUT2D eigenvalue weighted by atomic mass is 16.5. The molecule has 2 aromatic carbocycles. The smallest absolute Gasteiger partial charge is 0.269 e. The molecule has 8 heteroatoms. The summed E-state index contributed by atoms with van der Waals surface area (Å²) in [4.78, 5) is 38.1. The van der Waals surface area contributed by atoms with E-state index in [9.17, 15) is 19.8 Å². The average Bonchev–Trinajstić information content (AvgIpc) is 2.97. The van der Waals surface area contributed by atoms with Crippen molar-refractivity contribution in [1.29, 1.82) is 5.26 Å². The van der Waals surface area contributed by atoms with Crippen LogP contribution in [0.15, 0.2) is 36.4 Å². The topological polar surface area (TPSA) is 111 Å². The van der Waals surface area contributed by atoms with E-state index in [1.165, 1.54) is 25.3 Å². The largest absolute Gasteiger partial charge is 0.493 e. The van der Waals surface area contributed by atoms with E-state index in [1.807, 2.05) is 13.0 Å². The number of hydrogen-bond donors (Lipinski definition) is 1. The second-order valence-electron chi connectivity index (χ2n) is 6.03. The Morgan fingerprint density at radius 2 is 1.96 bits per heavy atom. The molecular weight excluding hydrogens is 362 g/mol. The van der Waals surface area contributed by atoms with Crippen molar-refractivity contribution in [3.8, 4) is 17.6 Å². The summed E-state index contributed by atoms with van der Waals surface area (Å²) in [6.45, 7) is 2.22. The zero-order valence-corrected chi connectivity index (χ0v) is 15.4. The molecule has 28 heavy (non-hydrogen) atoms. The van der Waals surface area contributed by atoms with Gasteiger partial charge in [0.1, 0.15) is 5.56 Å². The molecule has 0 bridgehead atoms. The van der Waals surface area contributed by atoms with Crippen molar-refractivity contribution in [2.24, 2.45) is 0 Å². The standard InChI is InChI=1S/C20H17N3O5/c1-3-28-17-11-12(7-8-16(17)27-2)15(9-10-21)23-19(24)13-5-4-6-14(22-26)18(13)20(23)25/h4-8,11,15H,3,9H2,1-2H3/p+1. The molecule has 1 aliphatic rings. The highest BCUT2D eigenvalue weighted by molar-refractivity contribution is 6.23. The number of benzene rings is 2. The van der Waals surface area contributed by atoms with E-state index in [0.717, 1.165) is 4.90 Å². The number of carbonyl (C=O) groups excluding carboxylic acids is 2. The van der Waals surface area contributed by atoms with Crippen LogP contribution in [0.2, 0.25) is 0 Å². The molecule has 1 atom stereocenters. The summed E-state index contributed by atoms with van der Waals surface area (Å²) >= 11 is 0. The van der Waals surface area contributed by atoms with Crippen molar-refractivity contribution in [1.82, 2.24) is 4.90 Å². The van der Waals surface area contributed by atoms with Crippen LogP contribution < -0.4 is 14.7 Å². The zero-order chi connectivity index (χ0) is 20.3. The Morgan fingerprint density at radius 3 is 2.61 bits per heavy atom. The summed E-state index contributed by atoms with van der Waals surface area (Å²) in [5.74, 6) is -0.218. The third kappa shape index (κ3) is 3.07. The van der Waals surface area contributed by atoms with E-state index in [0.29, 0.717) is 23.7 Å². The van der Waals surface area contributed by atoms with Crippen LogP contribution in [0.3, 0.4) is 0 Å². The van der Waals surface area contributed by atoms with Gasteiger partial charge < -0.3 is 9.47 Å². The van der Waals surface area contributed by atoms with E-state index >= 15 is 0 Å². The fraction of sp³-hybridized carbons (Fsp3) is 0.250. The van der Waals surface area contributed by atoms with Crippen LogP contribution in [-0.4, -0.2) is 30.4 Å². The van der Waals surface area contributed by atoms with Crippen LogP contribution in [0, 0.1) is 16.2 Å². The number of amides is 2. The van der Waals surface area contributed by atoms with E-state index in [2.05, 4.69) is 0 Å². The van der Waals surface area contributed by atoms with Crippen LogP contribution in [0.1, 0.15) is 45.7 Å². The highest BCUT2D eigenvalue weighted by Gasteiger charge is 2.44. The SMILES string of the molecule is CCOc1cc(C(CC#N)N2C(=O)c3cccc([NH+]=O)c3C2=O)ccc1OC. The number of carbonyl (C=O) groups is 2.